The fourth-order valence-corrected chi connectivity index (χ4v) is 2.74. The number of hydrogen-bond donors (Lipinski definition) is 2. The number of para-hydroxylation sites is 2. The Morgan fingerprint density at radius 3 is 2.48 bits per heavy atom. The van der Waals surface area contributed by atoms with E-state index in [4.69, 9.17) is 4.42 Å². The molecule has 0 radical (unpaired) electrons. The molecule has 2 amide bonds. The van der Waals surface area contributed by atoms with E-state index in [-0.39, 0.29) is 17.7 Å². The molecule has 7 heteroatoms. The minimum atomic E-state index is -0.538. The van der Waals surface area contributed by atoms with Gasteiger partial charge in [-0.15, -0.1) is 0 Å². The van der Waals surface area contributed by atoms with Gasteiger partial charge in [0.1, 0.15) is 5.52 Å². The number of aromatic nitrogens is 1. The Balaban J connectivity index is 1.53. The lowest BCUT2D eigenvalue weighted by Gasteiger charge is -2.30. The minimum Gasteiger partial charge on any atom is -0.423 e. The third kappa shape index (κ3) is 3.92. The number of benzene rings is 1. The summed E-state index contributed by atoms with van der Waals surface area (Å²) in [6.45, 7) is 6.78. The van der Waals surface area contributed by atoms with Crippen LogP contribution >= 0.6 is 0 Å². The van der Waals surface area contributed by atoms with Crippen LogP contribution in [0.4, 0.5) is 6.01 Å². The summed E-state index contributed by atoms with van der Waals surface area (Å²) in [4.78, 5) is 30.6. The second-order valence-corrected chi connectivity index (χ2v) is 7.42. The summed E-state index contributed by atoms with van der Waals surface area (Å²) < 4.78 is 5.78. The third-order valence-corrected chi connectivity index (χ3v) is 4.40. The van der Waals surface area contributed by atoms with Crippen molar-refractivity contribution in [1.29, 1.82) is 0 Å². The molecule has 2 heterocycles. The van der Waals surface area contributed by atoms with Gasteiger partial charge in [0.05, 0.1) is 0 Å². The zero-order valence-corrected chi connectivity index (χ0v) is 14.8. The quantitative estimate of drug-likeness (QED) is 0.816. The van der Waals surface area contributed by atoms with Gasteiger partial charge in [-0.25, -0.2) is 0 Å². The van der Waals surface area contributed by atoms with Crippen LogP contribution in [0, 0.1) is 11.3 Å². The molecule has 1 fully saturated rings. The van der Waals surface area contributed by atoms with Crippen molar-refractivity contribution in [2.24, 2.45) is 11.3 Å². The highest BCUT2D eigenvalue weighted by Crippen LogP contribution is 2.26. The van der Waals surface area contributed by atoms with Crippen LogP contribution < -0.4 is 15.8 Å². The van der Waals surface area contributed by atoms with Crippen LogP contribution in [0.1, 0.15) is 33.6 Å². The van der Waals surface area contributed by atoms with Gasteiger partial charge < -0.3 is 9.32 Å². The van der Waals surface area contributed by atoms with Gasteiger partial charge in [-0.3, -0.25) is 20.4 Å². The molecule has 0 unspecified atom stereocenters. The SMILES string of the molecule is CC(C)(C)C(=O)NNC(=O)C1CCN(c2nc3ccccc3o2)CC1. The first kappa shape index (κ1) is 17.3. The number of carbonyl (C=O) groups excluding carboxylic acids is 2. The van der Waals surface area contributed by atoms with Crippen LogP contribution in [0.5, 0.6) is 0 Å². The lowest BCUT2D eigenvalue weighted by Crippen LogP contribution is -2.50. The highest BCUT2D eigenvalue weighted by Gasteiger charge is 2.28. The molecule has 25 heavy (non-hydrogen) atoms. The Morgan fingerprint density at radius 1 is 1.16 bits per heavy atom. The van der Waals surface area contributed by atoms with E-state index in [1.54, 1.807) is 20.8 Å². The second kappa shape index (κ2) is 6.74. The largest absolute Gasteiger partial charge is 0.423 e. The second-order valence-electron chi connectivity index (χ2n) is 7.42. The van der Waals surface area contributed by atoms with Crippen LogP contribution in [0.25, 0.3) is 11.1 Å². The van der Waals surface area contributed by atoms with E-state index in [0.29, 0.717) is 31.9 Å². The maximum atomic E-state index is 12.2. The number of amides is 2. The lowest BCUT2D eigenvalue weighted by molar-refractivity contribution is -0.135. The van der Waals surface area contributed by atoms with E-state index in [1.165, 1.54) is 0 Å². The molecule has 1 aromatic carbocycles. The average molecular weight is 344 g/mol. The Morgan fingerprint density at radius 2 is 1.84 bits per heavy atom. The Kier molecular flexibility index (Phi) is 4.65. The number of nitrogens with zero attached hydrogens (tertiary/aromatic N) is 2. The smallest absolute Gasteiger partial charge is 0.298 e. The number of nitrogens with one attached hydrogen (secondary N) is 2. The molecular weight excluding hydrogens is 320 g/mol. The van der Waals surface area contributed by atoms with Crippen molar-refractivity contribution in [1.82, 2.24) is 15.8 Å². The molecule has 1 aromatic heterocycles. The first-order chi connectivity index (χ1) is 11.8. The maximum Gasteiger partial charge on any atom is 0.298 e. The number of fused-ring (bicyclic) bond motifs is 1. The van der Waals surface area contributed by atoms with Gasteiger partial charge in [-0.05, 0) is 25.0 Å². The van der Waals surface area contributed by atoms with Gasteiger partial charge in [0.15, 0.2) is 5.58 Å². The molecule has 0 aliphatic carbocycles. The summed E-state index contributed by atoms with van der Waals surface area (Å²) in [6.07, 6.45) is 1.38. The van der Waals surface area contributed by atoms with Gasteiger partial charge in [-0.2, -0.15) is 4.98 Å². The summed E-state index contributed by atoms with van der Waals surface area (Å²) in [5.74, 6) is -0.472. The molecule has 1 saturated heterocycles. The number of anilines is 1. The summed E-state index contributed by atoms with van der Waals surface area (Å²) in [7, 11) is 0. The van der Waals surface area contributed by atoms with Crippen molar-refractivity contribution in [3.63, 3.8) is 0 Å². The van der Waals surface area contributed by atoms with E-state index in [0.717, 1.165) is 11.1 Å². The van der Waals surface area contributed by atoms with Gasteiger partial charge in [0.2, 0.25) is 11.8 Å². The summed E-state index contributed by atoms with van der Waals surface area (Å²) >= 11 is 0. The lowest BCUT2D eigenvalue weighted by atomic mass is 9.95. The molecule has 1 aliphatic heterocycles. The van der Waals surface area contributed by atoms with Crippen LogP contribution in [-0.2, 0) is 9.59 Å². The molecular formula is C18H24N4O3. The van der Waals surface area contributed by atoms with E-state index in [2.05, 4.69) is 20.7 Å². The summed E-state index contributed by atoms with van der Waals surface area (Å²) in [6, 6.07) is 8.25. The van der Waals surface area contributed by atoms with Gasteiger partial charge in [-0.1, -0.05) is 32.9 Å². The molecule has 134 valence electrons. The zero-order valence-electron chi connectivity index (χ0n) is 14.8. The highest BCUT2D eigenvalue weighted by molar-refractivity contribution is 5.86. The number of hydrazine groups is 1. The number of hydrogen-bond acceptors (Lipinski definition) is 5. The molecule has 7 nitrogen and oxygen atoms in total. The number of piperidine rings is 1. The van der Waals surface area contributed by atoms with Gasteiger partial charge >= 0.3 is 0 Å². The van der Waals surface area contributed by atoms with Gasteiger partial charge in [0, 0.05) is 24.4 Å². The minimum absolute atomic E-state index is 0.124. The molecule has 3 rings (SSSR count). The van der Waals surface area contributed by atoms with Crippen LogP contribution in [0.15, 0.2) is 28.7 Å². The van der Waals surface area contributed by atoms with Crippen molar-refractivity contribution < 1.29 is 14.0 Å². The van der Waals surface area contributed by atoms with Crippen molar-refractivity contribution in [2.45, 2.75) is 33.6 Å². The first-order valence-electron chi connectivity index (χ1n) is 8.55. The average Bonchev–Trinajstić information content (AvgIpc) is 3.02. The molecule has 2 aromatic rings. The monoisotopic (exact) mass is 344 g/mol. The standard InChI is InChI=1S/C18H24N4O3/c1-18(2,3)16(24)21-20-15(23)12-8-10-22(11-9-12)17-19-13-6-4-5-7-14(13)25-17/h4-7,12H,8-11H2,1-3H3,(H,20,23)(H,21,24). The fraction of sp³-hybridized carbons (Fsp3) is 0.500. The van der Waals surface area contributed by atoms with Crippen molar-refractivity contribution in [2.75, 3.05) is 18.0 Å². The van der Waals surface area contributed by atoms with Crippen LogP contribution in [0.2, 0.25) is 0 Å². The van der Waals surface area contributed by atoms with Gasteiger partial charge in [0.25, 0.3) is 6.01 Å². The summed E-state index contributed by atoms with van der Waals surface area (Å²) in [5.41, 5.74) is 6.10. The molecule has 0 saturated carbocycles. The zero-order chi connectivity index (χ0) is 18.0. The normalized spacial score (nSPS) is 16.0. The molecule has 2 N–H and O–H groups in total. The van der Waals surface area contributed by atoms with E-state index in [1.807, 2.05) is 24.3 Å². The van der Waals surface area contributed by atoms with Crippen LogP contribution in [-0.4, -0.2) is 29.9 Å². The Bertz CT molecular complexity index is 737. The van der Waals surface area contributed by atoms with E-state index in [9.17, 15) is 9.59 Å². The predicted octanol–water partition coefficient (Wildman–Crippen LogP) is 2.24. The van der Waals surface area contributed by atoms with E-state index < -0.39 is 5.41 Å². The fourth-order valence-electron chi connectivity index (χ4n) is 2.74. The first-order valence-corrected chi connectivity index (χ1v) is 8.55. The highest BCUT2D eigenvalue weighted by atomic mass is 16.4. The number of oxazole rings is 1. The molecule has 0 atom stereocenters. The molecule has 1 aliphatic rings. The maximum absolute atomic E-state index is 12.2. The Labute approximate surface area is 146 Å². The van der Waals surface area contributed by atoms with Crippen LogP contribution in [0.3, 0.4) is 0 Å². The van der Waals surface area contributed by atoms with Crippen molar-refractivity contribution in [3.8, 4) is 0 Å². The van der Waals surface area contributed by atoms with Crippen molar-refractivity contribution >= 4 is 28.9 Å². The van der Waals surface area contributed by atoms with E-state index >= 15 is 0 Å². The van der Waals surface area contributed by atoms with Crippen molar-refractivity contribution in [3.05, 3.63) is 24.3 Å². The number of carbonyl (C=O) groups is 2. The third-order valence-electron chi connectivity index (χ3n) is 4.40. The molecule has 0 bridgehead atoms. The summed E-state index contributed by atoms with van der Waals surface area (Å²) in [5, 5.41) is 0. The topological polar surface area (TPSA) is 87.5 Å². The Hall–Kier alpha value is -2.57. The molecule has 0 spiro atoms. The predicted molar refractivity (Wildman–Crippen MR) is 94.7 cm³/mol. The number of rotatable bonds is 2.